The number of rotatable bonds is 5. The molecule has 0 spiro atoms. The van der Waals surface area contributed by atoms with Crippen LogP contribution in [-0.4, -0.2) is 59.3 Å². The van der Waals surface area contributed by atoms with Crippen LogP contribution in [-0.2, 0) is 21.4 Å². The number of sulfonamides is 1. The average molecular weight is 405 g/mol. The maximum atomic E-state index is 12.7. The second-order valence-corrected chi connectivity index (χ2v) is 9.68. The first-order valence-corrected chi connectivity index (χ1v) is 11.7. The highest BCUT2D eigenvalue weighted by Gasteiger charge is 2.27. The van der Waals surface area contributed by atoms with Gasteiger partial charge in [-0.3, -0.25) is 4.79 Å². The third kappa shape index (κ3) is 3.93. The molecule has 1 amide bonds. The lowest BCUT2D eigenvalue weighted by atomic mass is 10.2. The zero-order valence-electron chi connectivity index (χ0n) is 16.2. The average Bonchev–Trinajstić information content (AvgIpc) is 3.30. The first-order chi connectivity index (χ1) is 13.6. The van der Waals surface area contributed by atoms with Gasteiger partial charge in [0.25, 0.3) is 0 Å². The Hall–Kier alpha value is -1.93. The van der Waals surface area contributed by atoms with Gasteiger partial charge in [-0.15, -0.1) is 0 Å². The smallest absolute Gasteiger partial charge is 0.243 e. The molecule has 1 aromatic heterocycles. The van der Waals surface area contributed by atoms with Crippen LogP contribution >= 0.6 is 0 Å². The van der Waals surface area contributed by atoms with E-state index >= 15 is 0 Å². The van der Waals surface area contributed by atoms with Crippen molar-refractivity contribution in [1.82, 2.24) is 18.8 Å². The Morgan fingerprint density at radius 1 is 0.964 bits per heavy atom. The zero-order chi connectivity index (χ0) is 19.6. The van der Waals surface area contributed by atoms with Crippen molar-refractivity contribution >= 4 is 27.0 Å². The number of amides is 1. The summed E-state index contributed by atoms with van der Waals surface area (Å²) in [7, 11) is -3.44. The van der Waals surface area contributed by atoms with Gasteiger partial charge in [-0.1, -0.05) is 12.8 Å². The predicted molar refractivity (Wildman–Crippen MR) is 107 cm³/mol. The van der Waals surface area contributed by atoms with Crippen molar-refractivity contribution in [2.45, 2.75) is 56.4 Å². The number of hydrogen-bond donors (Lipinski definition) is 0. The van der Waals surface area contributed by atoms with Gasteiger partial charge in [0.05, 0.1) is 22.3 Å². The first kappa shape index (κ1) is 19.4. The van der Waals surface area contributed by atoms with Gasteiger partial charge in [-0.05, 0) is 43.9 Å². The van der Waals surface area contributed by atoms with Crippen LogP contribution in [0.15, 0.2) is 29.4 Å². The molecule has 2 aliphatic heterocycles. The number of aromatic nitrogens is 2. The van der Waals surface area contributed by atoms with E-state index in [2.05, 4.69) is 4.98 Å². The third-order valence-corrected chi connectivity index (χ3v) is 7.72. The normalized spacial score (nSPS) is 19.2. The summed E-state index contributed by atoms with van der Waals surface area (Å²) in [5, 5.41) is 0. The summed E-state index contributed by atoms with van der Waals surface area (Å²) >= 11 is 0. The van der Waals surface area contributed by atoms with E-state index < -0.39 is 10.0 Å². The SMILES string of the molecule is O=C(CCn1cnc2cc(S(=O)(=O)N3CCCC3)ccc21)N1CCCCCC1. The topological polar surface area (TPSA) is 75.5 Å². The second kappa shape index (κ2) is 8.21. The fourth-order valence-corrected chi connectivity index (χ4v) is 5.69. The van der Waals surface area contributed by atoms with Gasteiger partial charge in [0, 0.05) is 39.1 Å². The molecule has 0 aliphatic carbocycles. The van der Waals surface area contributed by atoms with E-state index in [1.807, 2.05) is 15.5 Å². The molecular weight excluding hydrogens is 376 g/mol. The number of nitrogens with zero attached hydrogens (tertiary/aromatic N) is 4. The molecule has 0 bridgehead atoms. The summed E-state index contributed by atoms with van der Waals surface area (Å²) in [5.74, 6) is 0.192. The molecule has 2 saturated heterocycles. The van der Waals surface area contributed by atoms with E-state index in [1.165, 1.54) is 12.8 Å². The van der Waals surface area contributed by atoms with Crippen LogP contribution in [0.4, 0.5) is 0 Å². The van der Waals surface area contributed by atoms with Crippen LogP contribution in [0.3, 0.4) is 0 Å². The van der Waals surface area contributed by atoms with E-state index in [-0.39, 0.29) is 5.91 Å². The highest BCUT2D eigenvalue weighted by molar-refractivity contribution is 7.89. The van der Waals surface area contributed by atoms with Gasteiger partial charge in [-0.2, -0.15) is 4.31 Å². The van der Waals surface area contributed by atoms with E-state index in [4.69, 9.17) is 0 Å². The zero-order valence-corrected chi connectivity index (χ0v) is 17.0. The molecular formula is C20H28N4O3S. The molecule has 1 aromatic carbocycles. The summed E-state index contributed by atoms with van der Waals surface area (Å²) in [6, 6.07) is 5.11. The van der Waals surface area contributed by atoms with Crippen molar-refractivity contribution in [2.75, 3.05) is 26.2 Å². The quantitative estimate of drug-likeness (QED) is 0.768. The van der Waals surface area contributed by atoms with Gasteiger partial charge in [0.15, 0.2) is 0 Å². The standard InChI is InChI=1S/C20H28N4O3S/c25-20(22-10-3-1-2-4-11-22)9-14-23-16-21-18-15-17(7-8-19(18)23)28(26,27)24-12-5-6-13-24/h7-8,15-16H,1-6,9-14H2. The lowest BCUT2D eigenvalue weighted by Crippen LogP contribution is -2.32. The van der Waals surface area contributed by atoms with Gasteiger partial charge in [-0.25, -0.2) is 13.4 Å². The first-order valence-electron chi connectivity index (χ1n) is 10.3. The minimum Gasteiger partial charge on any atom is -0.343 e. The lowest BCUT2D eigenvalue weighted by Gasteiger charge is -2.20. The Morgan fingerprint density at radius 2 is 1.64 bits per heavy atom. The number of carbonyl (C=O) groups excluding carboxylic acids is 1. The van der Waals surface area contributed by atoms with Crippen molar-refractivity contribution in [3.05, 3.63) is 24.5 Å². The Morgan fingerprint density at radius 3 is 2.36 bits per heavy atom. The molecule has 7 nitrogen and oxygen atoms in total. The van der Waals surface area contributed by atoms with Crippen molar-refractivity contribution in [1.29, 1.82) is 0 Å². The number of carbonyl (C=O) groups is 1. The van der Waals surface area contributed by atoms with Crippen LogP contribution in [0.2, 0.25) is 0 Å². The van der Waals surface area contributed by atoms with Crippen molar-refractivity contribution in [3.8, 4) is 0 Å². The number of likely N-dealkylation sites (tertiary alicyclic amines) is 1. The Labute approximate surface area is 166 Å². The lowest BCUT2D eigenvalue weighted by molar-refractivity contribution is -0.131. The maximum Gasteiger partial charge on any atom is 0.243 e. The van der Waals surface area contributed by atoms with Crippen molar-refractivity contribution < 1.29 is 13.2 Å². The molecule has 0 saturated carbocycles. The molecule has 8 heteroatoms. The molecule has 0 N–H and O–H groups in total. The summed E-state index contributed by atoms with van der Waals surface area (Å²) < 4.78 is 29.0. The largest absolute Gasteiger partial charge is 0.343 e. The third-order valence-electron chi connectivity index (χ3n) is 5.82. The minimum absolute atomic E-state index is 0.192. The number of fused-ring (bicyclic) bond motifs is 1. The Bertz CT molecular complexity index is 940. The van der Waals surface area contributed by atoms with Crippen LogP contribution in [0.25, 0.3) is 11.0 Å². The molecule has 4 rings (SSSR count). The highest BCUT2D eigenvalue weighted by Crippen LogP contribution is 2.24. The van der Waals surface area contributed by atoms with Crippen molar-refractivity contribution in [2.24, 2.45) is 0 Å². The summed E-state index contributed by atoms with van der Waals surface area (Å²) in [5.41, 5.74) is 1.52. The van der Waals surface area contributed by atoms with E-state index in [1.54, 1.807) is 22.8 Å². The number of aryl methyl sites for hydroxylation is 1. The van der Waals surface area contributed by atoms with E-state index in [0.29, 0.717) is 36.5 Å². The van der Waals surface area contributed by atoms with Crippen LogP contribution in [0, 0.1) is 0 Å². The Kier molecular flexibility index (Phi) is 5.68. The molecule has 3 heterocycles. The maximum absolute atomic E-state index is 12.7. The molecule has 2 aromatic rings. The van der Waals surface area contributed by atoms with E-state index in [0.717, 1.165) is 44.3 Å². The van der Waals surface area contributed by atoms with Crippen LogP contribution in [0.1, 0.15) is 44.9 Å². The molecule has 2 aliphatic rings. The molecule has 152 valence electrons. The van der Waals surface area contributed by atoms with Gasteiger partial charge in [0.2, 0.25) is 15.9 Å². The molecule has 0 atom stereocenters. The summed E-state index contributed by atoms with van der Waals surface area (Å²) in [6.45, 7) is 3.47. The highest BCUT2D eigenvalue weighted by atomic mass is 32.2. The number of benzene rings is 1. The summed E-state index contributed by atoms with van der Waals surface area (Å²) in [4.78, 5) is 19.2. The number of hydrogen-bond acceptors (Lipinski definition) is 4. The molecule has 0 radical (unpaired) electrons. The van der Waals surface area contributed by atoms with Crippen LogP contribution in [0.5, 0.6) is 0 Å². The van der Waals surface area contributed by atoms with Gasteiger partial charge >= 0.3 is 0 Å². The predicted octanol–water partition coefficient (Wildman–Crippen LogP) is 2.61. The van der Waals surface area contributed by atoms with E-state index in [9.17, 15) is 13.2 Å². The molecule has 0 unspecified atom stereocenters. The monoisotopic (exact) mass is 404 g/mol. The van der Waals surface area contributed by atoms with Crippen LogP contribution < -0.4 is 0 Å². The second-order valence-electron chi connectivity index (χ2n) is 7.74. The van der Waals surface area contributed by atoms with Crippen molar-refractivity contribution in [3.63, 3.8) is 0 Å². The summed E-state index contributed by atoms with van der Waals surface area (Å²) in [6.07, 6.45) is 8.58. The fraction of sp³-hybridized carbons (Fsp3) is 0.600. The Balaban J connectivity index is 1.46. The van der Waals surface area contributed by atoms with Gasteiger partial charge < -0.3 is 9.47 Å². The molecule has 2 fully saturated rings. The molecule has 28 heavy (non-hydrogen) atoms. The van der Waals surface area contributed by atoms with Gasteiger partial charge in [0.1, 0.15) is 0 Å². The minimum atomic E-state index is -3.44. The number of imidazole rings is 1. The fourth-order valence-electron chi connectivity index (χ4n) is 4.15.